The molecule has 2 aromatic heterocycles. The van der Waals surface area contributed by atoms with Gasteiger partial charge in [0.05, 0.1) is 34.5 Å². The Morgan fingerprint density at radius 2 is 1.43 bits per heavy atom. The molecule has 9 heteroatoms. The molecule has 196 valence electrons. The van der Waals surface area contributed by atoms with E-state index in [-0.39, 0.29) is 40.9 Å². The normalized spacial score (nSPS) is 10.0. The number of aliphatic hydroxyl groups is 3. The van der Waals surface area contributed by atoms with E-state index in [9.17, 15) is 5.11 Å². The first-order chi connectivity index (χ1) is 17.6. The molecule has 0 fully saturated rings. The van der Waals surface area contributed by atoms with Gasteiger partial charge in [0.15, 0.2) is 0 Å². The number of nitrogens with zero attached hydrogens (tertiary/aromatic N) is 2. The van der Waals surface area contributed by atoms with Crippen molar-refractivity contribution in [1.82, 2.24) is 9.97 Å². The Kier molecular flexibility index (Phi) is 12.2. The van der Waals surface area contributed by atoms with Gasteiger partial charge in [-0.1, -0.05) is 17.7 Å². The predicted molar refractivity (Wildman–Crippen MR) is 134 cm³/mol. The van der Waals surface area contributed by atoms with Crippen molar-refractivity contribution >= 4 is 0 Å². The molecule has 4 rings (SSSR count). The number of aliphatic hydroxyl groups excluding tert-OH is 3. The van der Waals surface area contributed by atoms with Crippen LogP contribution in [0, 0.1) is 12.1 Å². The standard InChI is InChI=1S/2C14H14NO3.Pt/c1-17-11-5-6-15-13(8-11)12-7-10(9-16)3-4-14(12)18-2;1-18-12-3-2-11(9-17)13(7-12)14-6-10(8-16)4-5-15-14;/h3-6,8,16H,9H2,1-2H3;2-6,16-17H,8-9H2,1H3;/q2*-1;+2. The van der Waals surface area contributed by atoms with Crippen LogP contribution in [-0.4, -0.2) is 46.6 Å². The molecule has 8 nitrogen and oxygen atoms in total. The molecular formula is C28H28N2O6Pt. The van der Waals surface area contributed by atoms with Crippen molar-refractivity contribution in [3.8, 4) is 39.8 Å². The topological polar surface area (TPSA) is 114 Å². The summed E-state index contributed by atoms with van der Waals surface area (Å²) in [5, 5.41) is 27.6. The van der Waals surface area contributed by atoms with Gasteiger partial charge in [0.1, 0.15) is 5.75 Å². The van der Waals surface area contributed by atoms with Crippen LogP contribution < -0.4 is 14.2 Å². The number of hydrogen-bond donors (Lipinski definition) is 3. The molecule has 0 radical (unpaired) electrons. The maximum absolute atomic E-state index is 9.33. The van der Waals surface area contributed by atoms with Crippen molar-refractivity contribution < 1.29 is 50.6 Å². The number of ether oxygens (including phenoxy) is 3. The predicted octanol–water partition coefficient (Wildman–Crippen LogP) is 3.60. The first kappa shape index (κ1) is 29.9. The SMILES string of the molecule is COc1[c-]c(-c2cc(CO)ccn2)c(CO)cc1.COc1ccnc(-c2[c-]c(CO)ccc2OC)c1.[Pt+2]. The molecule has 0 saturated carbocycles. The van der Waals surface area contributed by atoms with E-state index in [0.29, 0.717) is 45.3 Å². The van der Waals surface area contributed by atoms with Gasteiger partial charge in [-0.3, -0.25) is 0 Å². The zero-order valence-corrected chi connectivity index (χ0v) is 22.9. The molecule has 4 aromatic rings. The number of methoxy groups -OCH3 is 3. The Hall–Kier alpha value is -3.29. The van der Waals surface area contributed by atoms with E-state index >= 15 is 0 Å². The maximum Gasteiger partial charge on any atom is 2.00 e. The summed E-state index contributed by atoms with van der Waals surface area (Å²) in [5.41, 5.74) is 4.93. The van der Waals surface area contributed by atoms with Crippen molar-refractivity contribution in [2.24, 2.45) is 0 Å². The first-order valence-electron chi connectivity index (χ1n) is 11.0. The van der Waals surface area contributed by atoms with Gasteiger partial charge in [0.2, 0.25) is 0 Å². The summed E-state index contributed by atoms with van der Waals surface area (Å²) < 4.78 is 15.6. The van der Waals surface area contributed by atoms with Crippen molar-refractivity contribution in [3.05, 3.63) is 89.7 Å². The molecule has 37 heavy (non-hydrogen) atoms. The molecule has 0 bridgehead atoms. The van der Waals surface area contributed by atoms with Crippen LogP contribution in [0.2, 0.25) is 0 Å². The minimum atomic E-state index is -0.0964. The quantitative estimate of drug-likeness (QED) is 0.242. The first-order valence-corrected chi connectivity index (χ1v) is 11.0. The van der Waals surface area contributed by atoms with E-state index in [2.05, 4.69) is 22.1 Å². The van der Waals surface area contributed by atoms with Crippen molar-refractivity contribution in [3.63, 3.8) is 0 Å². The maximum atomic E-state index is 9.33. The molecule has 0 saturated heterocycles. The second kappa shape index (κ2) is 15.1. The van der Waals surface area contributed by atoms with Gasteiger partial charge in [0, 0.05) is 30.5 Å². The molecule has 0 amide bonds. The van der Waals surface area contributed by atoms with Gasteiger partial charge < -0.3 is 39.5 Å². The smallest absolute Gasteiger partial charge is 0.540 e. The Morgan fingerprint density at radius 1 is 0.703 bits per heavy atom. The van der Waals surface area contributed by atoms with Crippen LogP contribution in [-0.2, 0) is 40.9 Å². The zero-order chi connectivity index (χ0) is 25.9. The largest absolute Gasteiger partial charge is 2.00 e. The van der Waals surface area contributed by atoms with E-state index in [4.69, 9.17) is 24.4 Å². The Bertz CT molecular complexity index is 1190. The van der Waals surface area contributed by atoms with Crippen LogP contribution in [0.25, 0.3) is 22.5 Å². The van der Waals surface area contributed by atoms with E-state index in [0.717, 1.165) is 11.1 Å². The number of hydrogen-bond acceptors (Lipinski definition) is 8. The monoisotopic (exact) mass is 683 g/mol. The van der Waals surface area contributed by atoms with Crippen LogP contribution in [0.4, 0.5) is 0 Å². The van der Waals surface area contributed by atoms with Crippen LogP contribution >= 0.6 is 0 Å². The molecule has 0 unspecified atom stereocenters. The summed E-state index contributed by atoms with van der Waals surface area (Å²) in [5.74, 6) is 1.95. The van der Waals surface area contributed by atoms with Crippen molar-refractivity contribution in [1.29, 1.82) is 0 Å². The third-order valence-corrected chi connectivity index (χ3v) is 5.24. The summed E-state index contributed by atoms with van der Waals surface area (Å²) >= 11 is 0. The van der Waals surface area contributed by atoms with Crippen LogP contribution in [0.5, 0.6) is 17.2 Å². The average molecular weight is 684 g/mol. The Morgan fingerprint density at radius 3 is 2.05 bits per heavy atom. The summed E-state index contributed by atoms with van der Waals surface area (Å²) in [6.07, 6.45) is 3.28. The summed E-state index contributed by atoms with van der Waals surface area (Å²) in [6.45, 7) is -0.213. The van der Waals surface area contributed by atoms with Crippen molar-refractivity contribution in [2.45, 2.75) is 19.8 Å². The number of benzene rings is 2. The van der Waals surface area contributed by atoms with E-state index < -0.39 is 0 Å². The molecule has 3 N–H and O–H groups in total. The molecule has 2 aromatic carbocycles. The van der Waals surface area contributed by atoms with Gasteiger partial charge in [-0.05, 0) is 35.2 Å². The van der Waals surface area contributed by atoms with Crippen LogP contribution in [0.15, 0.2) is 60.9 Å². The van der Waals surface area contributed by atoms with E-state index in [1.54, 1.807) is 82.3 Å². The van der Waals surface area contributed by atoms with E-state index in [1.165, 1.54) is 0 Å². The fraction of sp³-hybridized carbons (Fsp3) is 0.214. The summed E-state index contributed by atoms with van der Waals surface area (Å²) in [7, 11) is 4.75. The molecule has 0 aliphatic rings. The summed E-state index contributed by atoms with van der Waals surface area (Å²) in [4.78, 5) is 8.50. The van der Waals surface area contributed by atoms with Gasteiger partial charge in [-0.15, -0.1) is 47.0 Å². The fourth-order valence-electron chi connectivity index (χ4n) is 3.34. The van der Waals surface area contributed by atoms with Gasteiger partial charge in [-0.2, -0.15) is 0 Å². The third-order valence-electron chi connectivity index (χ3n) is 5.24. The fourth-order valence-corrected chi connectivity index (χ4v) is 3.34. The minimum Gasteiger partial charge on any atom is -0.540 e. The second-order valence-corrected chi connectivity index (χ2v) is 7.46. The Balaban J connectivity index is 0.000000253. The number of rotatable bonds is 8. The minimum absolute atomic E-state index is 0. The molecule has 2 heterocycles. The van der Waals surface area contributed by atoms with Crippen LogP contribution in [0.1, 0.15) is 16.7 Å². The van der Waals surface area contributed by atoms with Crippen LogP contribution in [0.3, 0.4) is 0 Å². The van der Waals surface area contributed by atoms with Gasteiger partial charge in [0.25, 0.3) is 0 Å². The third kappa shape index (κ3) is 7.84. The molecule has 0 aliphatic heterocycles. The summed E-state index contributed by atoms with van der Waals surface area (Å²) in [6, 6.07) is 20.3. The molecule has 0 atom stereocenters. The molecular weight excluding hydrogens is 655 g/mol. The second-order valence-electron chi connectivity index (χ2n) is 7.46. The Labute approximate surface area is 230 Å². The number of pyridine rings is 2. The van der Waals surface area contributed by atoms with Gasteiger partial charge in [-0.25, -0.2) is 0 Å². The average Bonchev–Trinajstić information content (AvgIpc) is 2.96. The van der Waals surface area contributed by atoms with E-state index in [1.807, 2.05) is 0 Å². The number of aromatic nitrogens is 2. The zero-order valence-electron chi connectivity index (χ0n) is 20.7. The van der Waals surface area contributed by atoms with Crippen molar-refractivity contribution in [2.75, 3.05) is 21.3 Å². The molecule has 0 aliphatic carbocycles. The molecule has 0 spiro atoms. The van der Waals surface area contributed by atoms with Gasteiger partial charge >= 0.3 is 21.1 Å².